The maximum absolute atomic E-state index is 6.63. The highest BCUT2D eigenvalue weighted by Crippen LogP contribution is 2.42. The first-order valence-electron chi connectivity index (χ1n) is 9.47. The Morgan fingerprint density at radius 2 is 1.16 bits per heavy atom. The summed E-state index contributed by atoms with van der Waals surface area (Å²) in [4.78, 5) is 0. The first-order chi connectivity index (χ1) is 11.7. The van der Waals surface area contributed by atoms with Gasteiger partial charge in [-0.25, -0.2) is 0 Å². The molecule has 0 fully saturated rings. The van der Waals surface area contributed by atoms with Gasteiger partial charge < -0.3 is 11.5 Å². The van der Waals surface area contributed by atoms with Gasteiger partial charge in [-0.05, 0) is 43.3 Å². The van der Waals surface area contributed by atoms with Crippen LogP contribution in [0.4, 0.5) is 0 Å². The molecule has 2 nitrogen and oxygen atoms in total. The Morgan fingerprint density at radius 1 is 0.800 bits per heavy atom. The molecule has 0 heterocycles. The first-order valence-corrected chi connectivity index (χ1v) is 10.2. The molecule has 0 amide bonds. The molecule has 25 heavy (non-hydrogen) atoms. The van der Waals surface area contributed by atoms with Crippen molar-refractivity contribution >= 4 is 23.2 Å². The fourth-order valence-corrected chi connectivity index (χ4v) is 4.70. The Bertz CT molecular complexity index is 601. The molecule has 0 aromatic carbocycles. The van der Waals surface area contributed by atoms with Crippen molar-refractivity contribution < 1.29 is 0 Å². The summed E-state index contributed by atoms with van der Waals surface area (Å²) in [5.74, 6) is 0. The van der Waals surface area contributed by atoms with Gasteiger partial charge in [-0.15, -0.1) is 0 Å². The lowest BCUT2D eigenvalue weighted by Gasteiger charge is -2.37. The van der Waals surface area contributed by atoms with Crippen molar-refractivity contribution in [3.8, 4) is 0 Å². The molecule has 0 saturated carbocycles. The predicted molar refractivity (Wildman–Crippen MR) is 111 cm³/mol. The van der Waals surface area contributed by atoms with E-state index < -0.39 is 0 Å². The summed E-state index contributed by atoms with van der Waals surface area (Å²) in [6.45, 7) is 8.57. The summed E-state index contributed by atoms with van der Waals surface area (Å²) >= 11 is 13.3. The van der Waals surface area contributed by atoms with Crippen LogP contribution in [0, 0.1) is 0 Å². The molecule has 2 aliphatic rings. The van der Waals surface area contributed by atoms with E-state index in [1.54, 1.807) is 0 Å². The quantitative estimate of drug-likeness (QED) is 0.586. The third-order valence-electron chi connectivity index (χ3n) is 6.02. The molecule has 0 bridgehead atoms. The zero-order chi connectivity index (χ0) is 18.8. The number of nitrogens with two attached hydrogens (primary N) is 2. The van der Waals surface area contributed by atoms with E-state index in [1.807, 2.05) is 0 Å². The van der Waals surface area contributed by atoms with Crippen molar-refractivity contribution in [2.45, 2.75) is 83.7 Å². The van der Waals surface area contributed by atoms with E-state index in [-0.39, 0.29) is 11.1 Å². The van der Waals surface area contributed by atoms with E-state index in [1.165, 1.54) is 11.1 Å². The standard InChI is InChI=1S/C21H32Cl2N2/c1-5-16-10-14(18(22)12-20(16,24)7-3)9-15-11-17(6-2)21(25,8-4)13-19(15)23/h10-11H,5-9,12-13,24-25H2,1-4H3. The topological polar surface area (TPSA) is 52.0 Å². The van der Waals surface area contributed by atoms with E-state index in [0.717, 1.165) is 53.3 Å². The molecular formula is C21H32Cl2N2. The fourth-order valence-electron chi connectivity index (χ4n) is 3.98. The molecule has 0 radical (unpaired) electrons. The maximum atomic E-state index is 6.63. The highest BCUT2D eigenvalue weighted by atomic mass is 35.5. The molecule has 0 saturated heterocycles. The summed E-state index contributed by atoms with van der Waals surface area (Å²) in [5, 5.41) is 1.73. The van der Waals surface area contributed by atoms with Crippen LogP contribution in [-0.2, 0) is 0 Å². The van der Waals surface area contributed by atoms with Crippen LogP contribution in [0.25, 0.3) is 0 Å². The summed E-state index contributed by atoms with van der Waals surface area (Å²) < 4.78 is 0. The Kier molecular flexibility index (Phi) is 6.65. The molecule has 0 aromatic heterocycles. The SMILES string of the molecule is CCC1=CC(CC2=C(Cl)CC(N)(CC)C(CC)=C2)=C(Cl)CC1(N)CC. The van der Waals surface area contributed by atoms with Crippen LogP contribution < -0.4 is 11.5 Å². The number of halogens is 2. The van der Waals surface area contributed by atoms with Crippen molar-refractivity contribution in [2.75, 3.05) is 0 Å². The van der Waals surface area contributed by atoms with Crippen LogP contribution in [0.1, 0.15) is 72.6 Å². The van der Waals surface area contributed by atoms with Gasteiger partial charge in [0.25, 0.3) is 0 Å². The summed E-state index contributed by atoms with van der Waals surface area (Å²) in [6.07, 6.45) is 10.3. The van der Waals surface area contributed by atoms with Crippen LogP contribution in [-0.4, -0.2) is 11.1 Å². The molecule has 0 spiro atoms. The molecule has 140 valence electrons. The van der Waals surface area contributed by atoms with Gasteiger partial charge in [0.15, 0.2) is 0 Å². The van der Waals surface area contributed by atoms with Gasteiger partial charge in [-0.2, -0.15) is 0 Å². The minimum absolute atomic E-state index is 0.306. The lowest BCUT2D eigenvalue weighted by molar-refractivity contribution is 0.460. The normalized spacial score (nSPS) is 30.6. The van der Waals surface area contributed by atoms with E-state index in [2.05, 4.69) is 39.8 Å². The van der Waals surface area contributed by atoms with Crippen LogP contribution in [0.5, 0.6) is 0 Å². The van der Waals surface area contributed by atoms with Gasteiger partial charge in [0, 0.05) is 34.0 Å². The third-order valence-corrected chi connectivity index (χ3v) is 6.77. The Balaban J connectivity index is 2.34. The minimum atomic E-state index is -0.306. The summed E-state index contributed by atoms with van der Waals surface area (Å²) in [5.41, 5.74) is 17.4. The largest absolute Gasteiger partial charge is 0.321 e. The van der Waals surface area contributed by atoms with E-state index in [4.69, 9.17) is 34.7 Å². The van der Waals surface area contributed by atoms with Crippen LogP contribution in [0.2, 0.25) is 0 Å². The van der Waals surface area contributed by atoms with Crippen molar-refractivity contribution in [3.05, 3.63) is 44.5 Å². The predicted octanol–water partition coefficient (Wildman–Crippen LogP) is 6.06. The minimum Gasteiger partial charge on any atom is -0.321 e. The van der Waals surface area contributed by atoms with Gasteiger partial charge in [-0.1, -0.05) is 74.2 Å². The molecule has 2 rings (SSSR count). The van der Waals surface area contributed by atoms with Crippen LogP contribution in [0.3, 0.4) is 0 Å². The second-order valence-electron chi connectivity index (χ2n) is 7.46. The van der Waals surface area contributed by atoms with Crippen molar-refractivity contribution in [2.24, 2.45) is 11.5 Å². The Hall–Kier alpha value is -0.540. The third kappa shape index (κ3) is 4.08. The molecule has 0 aliphatic heterocycles. The van der Waals surface area contributed by atoms with Gasteiger partial charge in [0.2, 0.25) is 0 Å². The van der Waals surface area contributed by atoms with Crippen molar-refractivity contribution in [1.29, 1.82) is 0 Å². The lowest BCUT2D eigenvalue weighted by Crippen LogP contribution is -2.43. The molecule has 2 aliphatic carbocycles. The molecule has 4 N–H and O–H groups in total. The van der Waals surface area contributed by atoms with E-state index >= 15 is 0 Å². The molecular weight excluding hydrogens is 351 g/mol. The first kappa shape index (κ1) is 20.8. The van der Waals surface area contributed by atoms with E-state index in [0.29, 0.717) is 12.8 Å². The van der Waals surface area contributed by atoms with Crippen molar-refractivity contribution in [3.63, 3.8) is 0 Å². The molecule has 4 heteroatoms. The number of hydrogen-bond acceptors (Lipinski definition) is 2. The van der Waals surface area contributed by atoms with Gasteiger partial charge in [0.1, 0.15) is 0 Å². The highest BCUT2D eigenvalue weighted by molar-refractivity contribution is 6.31. The number of hydrogen-bond donors (Lipinski definition) is 2. The Labute approximate surface area is 163 Å². The van der Waals surface area contributed by atoms with Crippen LogP contribution in [0.15, 0.2) is 44.5 Å². The summed E-state index contributed by atoms with van der Waals surface area (Å²) in [7, 11) is 0. The summed E-state index contributed by atoms with van der Waals surface area (Å²) in [6, 6.07) is 0. The van der Waals surface area contributed by atoms with Gasteiger partial charge >= 0.3 is 0 Å². The second kappa shape index (κ2) is 8.00. The van der Waals surface area contributed by atoms with E-state index in [9.17, 15) is 0 Å². The number of rotatable bonds is 6. The molecule has 2 atom stereocenters. The second-order valence-corrected chi connectivity index (χ2v) is 8.37. The highest BCUT2D eigenvalue weighted by Gasteiger charge is 2.34. The fraction of sp³-hybridized carbons (Fsp3) is 0.619. The Morgan fingerprint density at radius 3 is 1.44 bits per heavy atom. The smallest absolute Gasteiger partial charge is 0.0418 e. The van der Waals surface area contributed by atoms with Crippen LogP contribution >= 0.6 is 23.2 Å². The lowest BCUT2D eigenvalue weighted by atomic mass is 9.75. The van der Waals surface area contributed by atoms with Crippen molar-refractivity contribution in [1.82, 2.24) is 0 Å². The molecule has 0 aromatic rings. The number of allylic oxidation sites excluding steroid dienone is 4. The monoisotopic (exact) mass is 382 g/mol. The zero-order valence-electron chi connectivity index (χ0n) is 16.0. The maximum Gasteiger partial charge on any atom is 0.0418 e. The average molecular weight is 383 g/mol. The van der Waals surface area contributed by atoms with Gasteiger partial charge in [0.05, 0.1) is 0 Å². The molecule has 2 unspecified atom stereocenters. The van der Waals surface area contributed by atoms with Gasteiger partial charge in [-0.3, -0.25) is 0 Å². The average Bonchev–Trinajstić information content (AvgIpc) is 2.59. The zero-order valence-corrected chi connectivity index (χ0v) is 17.5.